The van der Waals surface area contributed by atoms with Crippen molar-refractivity contribution in [2.24, 2.45) is 0 Å². The predicted octanol–water partition coefficient (Wildman–Crippen LogP) is 3.62. The van der Waals surface area contributed by atoms with Gasteiger partial charge in [0.15, 0.2) is 0 Å². The largest absolute Gasteiger partial charge is 0.401 e. The van der Waals surface area contributed by atoms with Crippen molar-refractivity contribution in [3.8, 4) is 0 Å². The minimum Gasteiger partial charge on any atom is -0.291 e. The number of aromatic nitrogens is 1. The number of pyridine rings is 1. The molecule has 0 aliphatic rings. The van der Waals surface area contributed by atoms with Crippen LogP contribution >= 0.6 is 15.9 Å². The van der Waals surface area contributed by atoms with Crippen molar-refractivity contribution in [1.82, 2.24) is 9.88 Å². The topological polar surface area (TPSA) is 16.1 Å². The van der Waals surface area contributed by atoms with Crippen LogP contribution in [-0.4, -0.2) is 29.1 Å². The maximum atomic E-state index is 12.3. The molecule has 0 unspecified atom stereocenters. The van der Waals surface area contributed by atoms with Gasteiger partial charge in [0.05, 0.1) is 6.54 Å². The summed E-state index contributed by atoms with van der Waals surface area (Å²) in [5, 5.41) is 0. The van der Waals surface area contributed by atoms with Crippen LogP contribution in [0.1, 0.15) is 18.9 Å². The molecule has 0 N–H and O–H groups in total. The molecule has 2 nitrogen and oxygen atoms in total. The van der Waals surface area contributed by atoms with Crippen molar-refractivity contribution in [1.29, 1.82) is 0 Å². The minimum absolute atomic E-state index is 0.264. The molecule has 1 heterocycles. The lowest BCUT2D eigenvalue weighted by Gasteiger charge is -2.22. The minimum atomic E-state index is -4.16. The van der Waals surface area contributed by atoms with Crippen LogP contribution < -0.4 is 0 Å². The van der Waals surface area contributed by atoms with Crippen LogP contribution in [0, 0.1) is 0 Å². The Morgan fingerprint density at radius 2 is 2.06 bits per heavy atom. The predicted molar refractivity (Wildman–Crippen MR) is 63.6 cm³/mol. The fourth-order valence-electron chi connectivity index (χ4n) is 1.58. The van der Waals surface area contributed by atoms with E-state index in [1.807, 2.05) is 6.92 Å². The smallest absolute Gasteiger partial charge is 0.291 e. The van der Waals surface area contributed by atoms with Gasteiger partial charge in [-0.25, -0.2) is 0 Å². The molecule has 0 bridgehead atoms. The number of rotatable bonds is 5. The van der Waals surface area contributed by atoms with Crippen molar-refractivity contribution in [2.45, 2.75) is 26.1 Å². The van der Waals surface area contributed by atoms with E-state index in [9.17, 15) is 13.2 Å². The first-order chi connectivity index (χ1) is 7.90. The van der Waals surface area contributed by atoms with Crippen LogP contribution in [0.2, 0.25) is 0 Å². The summed E-state index contributed by atoms with van der Waals surface area (Å²) in [6.07, 6.45) is -0.270. The number of hydrogen-bond donors (Lipinski definition) is 0. The molecule has 0 saturated carbocycles. The summed E-state index contributed by atoms with van der Waals surface area (Å²) in [6.45, 7) is 1.67. The van der Waals surface area contributed by atoms with Crippen LogP contribution in [0.25, 0.3) is 0 Å². The molecule has 0 radical (unpaired) electrons. The summed E-state index contributed by atoms with van der Waals surface area (Å²) in [5.41, 5.74) is 0.775. The van der Waals surface area contributed by atoms with Gasteiger partial charge < -0.3 is 0 Å². The summed E-state index contributed by atoms with van der Waals surface area (Å²) < 4.78 is 37.8. The number of halogens is 4. The van der Waals surface area contributed by atoms with Gasteiger partial charge in [-0.2, -0.15) is 13.2 Å². The third-order valence-corrected chi connectivity index (χ3v) is 2.54. The van der Waals surface area contributed by atoms with Crippen LogP contribution in [0.15, 0.2) is 22.9 Å². The second kappa shape index (κ2) is 6.35. The molecule has 17 heavy (non-hydrogen) atoms. The van der Waals surface area contributed by atoms with Gasteiger partial charge in [-0.1, -0.05) is 6.92 Å². The Kier molecular flexibility index (Phi) is 5.39. The van der Waals surface area contributed by atoms with E-state index >= 15 is 0 Å². The zero-order chi connectivity index (χ0) is 12.9. The Balaban J connectivity index is 2.66. The summed E-state index contributed by atoms with van der Waals surface area (Å²) in [7, 11) is 0. The maximum absolute atomic E-state index is 12.3. The van der Waals surface area contributed by atoms with E-state index in [0.29, 0.717) is 13.0 Å². The van der Waals surface area contributed by atoms with E-state index in [4.69, 9.17) is 0 Å². The Hall–Kier alpha value is -0.620. The monoisotopic (exact) mass is 310 g/mol. The van der Waals surface area contributed by atoms with Gasteiger partial charge in [0, 0.05) is 23.4 Å². The molecular weight excluding hydrogens is 297 g/mol. The SMILES string of the molecule is CCCN(Cc1cncc(Br)c1)CC(F)(F)F. The van der Waals surface area contributed by atoms with E-state index in [1.54, 1.807) is 18.5 Å². The zero-order valence-corrected chi connectivity index (χ0v) is 11.1. The Morgan fingerprint density at radius 3 is 2.59 bits per heavy atom. The van der Waals surface area contributed by atoms with E-state index in [1.165, 1.54) is 4.90 Å². The van der Waals surface area contributed by atoms with Crippen molar-refractivity contribution < 1.29 is 13.2 Å². The first-order valence-electron chi connectivity index (χ1n) is 5.29. The lowest BCUT2D eigenvalue weighted by molar-refractivity contribution is -0.147. The van der Waals surface area contributed by atoms with Gasteiger partial charge in [-0.3, -0.25) is 9.88 Å². The van der Waals surface area contributed by atoms with Gasteiger partial charge in [-0.05, 0) is 40.5 Å². The third kappa shape index (κ3) is 6.02. The van der Waals surface area contributed by atoms with E-state index < -0.39 is 12.7 Å². The van der Waals surface area contributed by atoms with Crippen LogP contribution in [-0.2, 0) is 6.54 Å². The van der Waals surface area contributed by atoms with Gasteiger partial charge in [0.1, 0.15) is 0 Å². The fourth-order valence-corrected chi connectivity index (χ4v) is 2.00. The highest BCUT2D eigenvalue weighted by Gasteiger charge is 2.30. The van der Waals surface area contributed by atoms with Crippen molar-refractivity contribution >= 4 is 15.9 Å². The summed E-state index contributed by atoms with van der Waals surface area (Å²) in [5.74, 6) is 0. The summed E-state index contributed by atoms with van der Waals surface area (Å²) >= 11 is 3.25. The third-order valence-electron chi connectivity index (χ3n) is 2.11. The molecule has 1 aromatic rings. The van der Waals surface area contributed by atoms with E-state index in [0.717, 1.165) is 10.0 Å². The lowest BCUT2D eigenvalue weighted by Crippen LogP contribution is -2.34. The van der Waals surface area contributed by atoms with E-state index in [-0.39, 0.29) is 6.54 Å². The molecule has 0 atom stereocenters. The Bertz CT molecular complexity index is 355. The Morgan fingerprint density at radius 1 is 1.35 bits per heavy atom. The second-order valence-electron chi connectivity index (χ2n) is 3.84. The summed E-state index contributed by atoms with van der Waals surface area (Å²) in [6, 6.07) is 1.78. The normalized spacial score (nSPS) is 12.1. The van der Waals surface area contributed by atoms with Gasteiger partial charge in [-0.15, -0.1) is 0 Å². The zero-order valence-electron chi connectivity index (χ0n) is 9.47. The maximum Gasteiger partial charge on any atom is 0.401 e. The highest BCUT2D eigenvalue weighted by atomic mass is 79.9. The van der Waals surface area contributed by atoms with Crippen LogP contribution in [0.4, 0.5) is 13.2 Å². The van der Waals surface area contributed by atoms with Crippen molar-refractivity contribution in [3.63, 3.8) is 0 Å². The molecular formula is C11H14BrF3N2. The molecule has 1 rings (SSSR count). The number of alkyl halides is 3. The van der Waals surface area contributed by atoms with Crippen LogP contribution in [0.5, 0.6) is 0 Å². The highest BCUT2D eigenvalue weighted by molar-refractivity contribution is 9.10. The number of nitrogens with zero attached hydrogens (tertiary/aromatic N) is 2. The quantitative estimate of drug-likeness (QED) is 0.826. The fraction of sp³-hybridized carbons (Fsp3) is 0.545. The number of hydrogen-bond acceptors (Lipinski definition) is 2. The standard InChI is InChI=1S/C11H14BrF3N2/c1-2-3-17(8-11(13,14)15)7-9-4-10(12)6-16-5-9/h4-6H,2-3,7-8H2,1H3. The second-order valence-corrected chi connectivity index (χ2v) is 4.75. The first-order valence-corrected chi connectivity index (χ1v) is 6.08. The van der Waals surface area contributed by atoms with E-state index in [2.05, 4.69) is 20.9 Å². The lowest BCUT2D eigenvalue weighted by atomic mass is 10.2. The summed E-state index contributed by atoms with van der Waals surface area (Å²) in [4.78, 5) is 5.32. The average molecular weight is 311 g/mol. The van der Waals surface area contributed by atoms with Crippen molar-refractivity contribution in [2.75, 3.05) is 13.1 Å². The molecule has 0 saturated heterocycles. The molecule has 0 aliphatic heterocycles. The Labute approximate surface area is 107 Å². The molecule has 0 aliphatic carbocycles. The van der Waals surface area contributed by atoms with Gasteiger partial charge >= 0.3 is 6.18 Å². The van der Waals surface area contributed by atoms with Gasteiger partial charge in [0.2, 0.25) is 0 Å². The van der Waals surface area contributed by atoms with Crippen molar-refractivity contribution in [3.05, 3.63) is 28.5 Å². The molecule has 0 aromatic carbocycles. The molecule has 0 spiro atoms. The van der Waals surface area contributed by atoms with Gasteiger partial charge in [0.25, 0.3) is 0 Å². The molecule has 6 heteroatoms. The molecule has 1 aromatic heterocycles. The molecule has 0 amide bonds. The first kappa shape index (κ1) is 14.4. The van der Waals surface area contributed by atoms with Crippen LogP contribution in [0.3, 0.4) is 0 Å². The molecule has 0 fully saturated rings. The molecule has 96 valence electrons. The highest BCUT2D eigenvalue weighted by Crippen LogP contribution is 2.19. The average Bonchev–Trinajstić information content (AvgIpc) is 2.15.